The number of ketones is 2. The zero-order valence-corrected chi connectivity index (χ0v) is 59.2. The molecule has 0 aliphatic rings. The van der Waals surface area contributed by atoms with Gasteiger partial charge in [-0.3, -0.25) is 80.6 Å². The summed E-state index contributed by atoms with van der Waals surface area (Å²) in [5.41, 5.74) is 1.25. The predicted molar refractivity (Wildman–Crippen MR) is 357 cm³/mol. The Kier molecular flexibility index (Phi) is 39.9. The zero-order chi connectivity index (χ0) is 75.7. The smallest absolute Gasteiger partial charge is 0.327 e. The van der Waals surface area contributed by atoms with Crippen molar-refractivity contribution in [1.29, 1.82) is 0 Å². The number of nitrogens with two attached hydrogens (primary N) is 1. The third-order valence-corrected chi connectivity index (χ3v) is 17.7. The summed E-state index contributed by atoms with van der Waals surface area (Å²) in [5.74, 6) is -12.8. The summed E-state index contributed by atoms with van der Waals surface area (Å²) in [7, 11) is -4.04. The van der Waals surface area contributed by atoms with Crippen LogP contribution in [0.1, 0.15) is 134 Å². The van der Waals surface area contributed by atoms with Crippen LogP contribution < -0.4 is 47.1 Å². The standard InChI is InChI=1S/C29H42N10O13S3.C26H39N9O10S2/c1-2-17(26(48)33-19(14-53)27(49)50)32-25(47)15(11-23(43)44)10-20(40)18(12-24(45)46)31-21(41)7-3-4-9-39-13-16(35-38-39)6-5-8-22(42)34-28-36-37-29(54-28)55(30,51)52;1-2-3-10-27-24(41)18(14-44-16-36)12-21(38)20(15-45-17-37)28-22(39)8-4-5-11-35-13-19(30-34-35)7-6-9-23(40)29-25-31-32-26(46-25)33-47(42)43/h13,15,17-19,53H,2-12,14H2,1H3,(H,31,41)(H,32,47)(H,33,48)(H,43,44)(H,45,46)(H,49,50)(H2,30,51,52)(H,34,36,42);13,16-18,20H,2-12,14-15H2,1H3,(H,27,41)(H,28,39)(H,32,33)(H,42,43)(H,29,31,40)/p-1/t15-,17-,18-,19-;18-,20-/m00/s1. The number of carboxylic acid groups (broad SMARTS) is 3. The van der Waals surface area contributed by atoms with E-state index in [-0.39, 0.29) is 91.6 Å². The van der Waals surface area contributed by atoms with E-state index in [0.29, 0.717) is 87.3 Å². The zero-order valence-electron chi connectivity index (χ0n) is 55.1. The molecule has 47 heteroatoms. The maximum absolute atomic E-state index is 13.1. The Morgan fingerprint density at radius 3 is 1.60 bits per heavy atom. The lowest BCUT2D eigenvalue weighted by atomic mass is 9.93. The monoisotopic (exact) mass is 1530 g/mol. The molecular formula is C55H80N19O23S5-. The molecule has 0 fully saturated rings. The number of primary sulfonamides is 1. The number of carbonyl (C=O) groups excluding carboxylic acids is 11. The summed E-state index contributed by atoms with van der Waals surface area (Å²) in [4.78, 5) is 169. The molecule has 102 heavy (non-hydrogen) atoms. The maximum Gasteiger partial charge on any atom is 0.327 e. The van der Waals surface area contributed by atoms with Gasteiger partial charge >= 0.3 is 17.9 Å². The number of sulfonamides is 1. The molecule has 4 aromatic rings. The average molecular weight is 1540 g/mol. The lowest BCUT2D eigenvalue weighted by Gasteiger charge is -2.23. The third kappa shape index (κ3) is 35.2. The van der Waals surface area contributed by atoms with Crippen LogP contribution >= 0.6 is 35.3 Å². The first kappa shape index (κ1) is 86.8. The molecule has 0 saturated carbocycles. The van der Waals surface area contributed by atoms with Gasteiger partial charge in [0.15, 0.2) is 11.6 Å². The van der Waals surface area contributed by atoms with Crippen LogP contribution in [0.4, 0.5) is 15.4 Å². The van der Waals surface area contributed by atoms with Gasteiger partial charge in [-0.1, -0.05) is 53.4 Å². The molecule has 0 aliphatic heterocycles. The lowest BCUT2D eigenvalue weighted by Crippen LogP contribution is -2.53. The summed E-state index contributed by atoms with van der Waals surface area (Å²) in [6, 6.07) is -5.43. The highest BCUT2D eigenvalue weighted by atomic mass is 32.2. The molecule has 0 spiro atoms. The van der Waals surface area contributed by atoms with E-state index in [2.05, 4.69) is 90.9 Å². The van der Waals surface area contributed by atoms with E-state index >= 15 is 0 Å². The molecule has 0 bridgehead atoms. The van der Waals surface area contributed by atoms with Gasteiger partial charge in [-0.25, -0.2) is 18.4 Å². The number of unbranched alkanes of at least 4 members (excludes halogenated alkanes) is 3. The molecule has 4 rings (SSSR count). The van der Waals surface area contributed by atoms with E-state index in [4.69, 9.17) is 19.7 Å². The number of Topliss-reactive ketones (excluding diaryl/α,β-unsaturated/α-hetero) is 2. The lowest BCUT2D eigenvalue weighted by molar-refractivity contribution is -0.144. The Morgan fingerprint density at radius 2 is 1.10 bits per heavy atom. The first-order chi connectivity index (χ1) is 48.5. The number of rotatable bonds is 52. The quantitative estimate of drug-likeness (QED) is 0.00755. The fourth-order valence-corrected chi connectivity index (χ4v) is 11.4. The highest BCUT2D eigenvalue weighted by molar-refractivity contribution is 7.91. The highest BCUT2D eigenvalue weighted by Gasteiger charge is 2.34. The fraction of sp³-hybridized carbons (Fsp3) is 0.600. The minimum Gasteiger partial charge on any atom is -0.755 e. The Morgan fingerprint density at radius 1 is 0.598 bits per heavy atom. The molecule has 1 unspecified atom stereocenters. The van der Waals surface area contributed by atoms with Crippen LogP contribution in [0.15, 0.2) is 16.7 Å². The molecule has 7 atom stereocenters. The van der Waals surface area contributed by atoms with Gasteiger partial charge in [0.05, 0.1) is 42.1 Å². The number of aromatic nitrogens is 10. The summed E-state index contributed by atoms with van der Waals surface area (Å²) in [6.45, 7) is 4.25. The molecule has 564 valence electrons. The maximum atomic E-state index is 13.1. The van der Waals surface area contributed by atoms with Gasteiger partial charge in [-0.2, -0.15) is 12.6 Å². The number of nitrogens with one attached hydrogen (secondary N) is 8. The summed E-state index contributed by atoms with van der Waals surface area (Å²) < 4.78 is 58.0. The minimum atomic E-state index is -4.04. The average Bonchev–Trinajstić information content (AvgIpc) is 1.62. The number of hydrogen-bond acceptors (Lipinski definition) is 31. The summed E-state index contributed by atoms with van der Waals surface area (Å²) in [6.07, 6.45) is 5.72. The minimum absolute atomic E-state index is 0.0168. The van der Waals surface area contributed by atoms with Crippen molar-refractivity contribution in [2.45, 2.75) is 177 Å². The molecule has 7 amide bonds. The van der Waals surface area contributed by atoms with Gasteiger partial charge in [0.2, 0.25) is 61.1 Å². The van der Waals surface area contributed by atoms with E-state index in [1.54, 1.807) is 17.1 Å². The van der Waals surface area contributed by atoms with Crippen molar-refractivity contribution in [1.82, 2.24) is 77.0 Å². The highest BCUT2D eigenvalue weighted by Crippen LogP contribution is 2.22. The normalized spacial score (nSPS) is 13.1. The van der Waals surface area contributed by atoms with E-state index in [9.17, 15) is 94.5 Å². The molecule has 0 aliphatic carbocycles. The van der Waals surface area contributed by atoms with Crippen molar-refractivity contribution in [3.05, 3.63) is 23.8 Å². The number of amides is 7. The SMILES string of the molecule is CCCCNC(=O)[C@H](COC=O)CC(=O)[C@H](COC=O)NC(=O)CCCCn1cc(CCCC(=O)Nc2nnc(NS(=O)[O-])s2)nn1.CC[C@H](NC(=O)[C@H](CC(=O)O)CC(=O)[C@H](CC(=O)O)NC(=O)CCCCn1cc(CCCC(=O)Nc2nnc(S(N)(=O)=O)s2)nn1)C(=O)N[C@@H](CS)C(=O)O. The van der Waals surface area contributed by atoms with Crippen molar-refractivity contribution < 1.29 is 109 Å². The van der Waals surface area contributed by atoms with Crippen molar-refractivity contribution in [2.24, 2.45) is 17.0 Å². The molecule has 4 aromatic heterocycles. The number of ether oxygens (including phenoxy) is 2. The predicted octanol–water partition coefficient (Wildman–Crippen LogP) is -1.90. The van der Waals surface area contributed by atoms with Crippen LogP contribution in [0.5, 0.6) is 0 Å². The second kappa shape index (κ2) is 46.9. The van der Waals surface area contributed by atoms with Crippen LogP contribution in [0.2, 0.25) is 0 Å². The van der Waals surface area contributed by atoms with Gasteiger partial charge in [0, 0.05) is 87.6 Å². The third-order valence-electron chi connectivity index (χ3n) is 13.9. The van der Waals surface area contributed by atoms with Crippen molar-refractivity contribution in [3.8, 4) is 0 Å². The number of anilines is 3. The van der Waals surface area contributed by atoms with Crippen molar-refractivity contribution in [3.63, 3.8) is 0 Å². The molecule has 4 heterocycles. The Balaban J connectivity index is 0.000000537. The van der Waals surface area contributed by atoms with Crippen LogP contribution in [0.25, 0.3) is 0 Å². The molecule has 13 N–H and O–H groups in total. The molecule has 0 saturated heterocycles. The Hall–Kier alpha value is -9.45. The topological polar surface area (TPSA) is 628 Å². The van der Waals surface area contributed by atoms with E-state index in [1.165, 1.54) is 11.6 Å². The van der Waals surface area contributed by atoms with Gasteiger partial charge in [0.1, 0.15) is 31.3 Å². The van der Waals surface area contributed by atoms with Gasteiger partial charge in [-0.15, -0.1) is 30.6 Å². The van der Waals surface area contributed by atoms with Gasteiger partial charge in [0.25, 0.3) is 23.0 Å². The number of carboxylic acids is 3. The number of hydrogen-bond donors (Lipinski definition) is 13. The molecule has 0 aromatic carbocycles. The first-order valence-electron chi connectivity index (χ1n) is 31.3. The van der Waals surface area contributed by atoms with Crippen LogP contribution in [0.3, 0.4) is 0 Å². The summed E-state index contributed by atoms with van der Waals surface area (Å²) >= 11 is 2.81. The van der Waals surface area contributed by atoms with Crippen molar-refractivity contribution >= 4 is 156 Å². The van der Waals surface area contributed by atoms with Crippen molar-refractivity contribution in [2.75, 3.05) is 40.9 Å². The Labute approximate surface area is 597 Å². The van der Waals surface area contributed by atoms with E-state index in [0.717, 1.165) is 24.2 Å². The second-order valence-electron chi connectivity index (χ2n) is 22.1. The fourth-order valence-electron chi connectivity index (χ4n) is 8.79. The van der Waals surface area contributed by atoms with Crippen LogP contribution in [-0.2, 0) is 124 Å². The molecule has 0 radical (unpaired) electrons. The second-order valence-corrected chi connectivity index (χ2v) is 26.8. The van der Waals surface area contributed by atoms with Crippen LogP contribution in [-0.4, -0.2) is 216 Å². The number of thiol groups is 1. The summed E-state index contributed by atoms with van der Waals surface area (Å²) in [5, 5.41) is 80.4. The van der Waals surface area contributed by atoms with Crippen LogP contribution in [0, 0.1) is 11.8 Å². The van der Waals surface area contributed by atoms with E-state index < -0.39 is 152 Å². The largest absolute Gasteiger partial charge is 0.755 e. The van der Waals surface area contributed by atoms with Gasteiger partial charge in [-0.05, 0) is 64.2 Å². The first-order valence-corrected chi connectivity index (χ1v) is 36.2. The molecular weight excluding hydrogens is 1460 g/mol. The van der Waals surface area contributed by atoms with Gasteiger partial charge < -0.3 is 66.6 Å². The Bertz CT molecular complexity index is 3610. The van der Waals surface area contributed by atoms with E-state index in [1.807, 2.05) is 11.6 Å². The number of aryl methyl sites for hydroxylation is 4. The number of aliphatic carboxylic acids is 3. The number of carbonyl (C=O) groups is 14. The number of nitrogens with zero attached hydrogens (tertiary/aromatic N) is 10. The molecule has 42 nitrogen and oxygen atoms in total.